The van der Waals surface area contributed by atoms with Gasteiger partial charge in [-0.1, -0.05) is 20.3 Å². The molecule has 0 aromatic carbocycles. The van der Waals surface area contributed by atoms with E-state index in [4.69, 9.17) is 10.2 Å². The van der Waals surface area contributed by atoms with E-state index in [0.717, 1.165) is 6.42 Å². The Kier molecular flexibility index (Phi) is 7.28. The molecular formula is C10H20N2O4. The van der Waals surface area contributed by atoms with Gasteiger partial charge in [-0.3, -0.25) is 0 Å². The summed E-state index contributed by atoms with van der Waals surface area (Å²) in [6.07, 6.45) is -0.431. The van der Waals surface area contributed by atoms with Gasteiger partial charge in [-0.15, -0.1) is 0 Å². The van der Waals surface area contributed by atoms with Crippen molar-refractivity contribution in [2.45, 2.75) is 32.8 Å². The summed E-state index contributed by atoms with van der Waals surface area (Å²) in [6, 6.07) is -0.335. The van der Waals surface area contributed by atoms with Crippen LogP contribution in [0.3, 0.4) is 0 Å². The number of hydrogen-bond acceptors (Lipinski definition) is 3. The SMILES string of the molecule is CCC(C)CNC(=O)NCCC(O)C(=O)O. The van der Waals surface area contributed by atoms with Gasteiger partial charge in [0.25, 0.3) is 0 Å². The predicted octanol–water partition coefficient (Wildman–Crippen LogP) is 0.167. The van der Waals surface area contributed by atoms with Gasteiger partial charge in [-0.05, 0) is 5.92 Å². The number of carbonyl (C=O) groups is 2. The molecule has 0 radical (unpaired) electrons. The smallest absolute Gasteiger partial charge is 0.332 e. The third-order valence-electron chi connectivity index (χ3n) is 2.30. The first-order valence-corrected chi connectivity index (χ1v) is 5.40. The Balaban J connectivity index is 3.55. The van der Waals surface area contributed by atoms with Gasteiger partial charge in [0.15, 0.2) is 6.10 Å². The minimum atomic E-state index is -1.42. The molecule has 6 heteroatoms. The van der Waals surface area contributed by atoms with Crippen molar-refractivity contribution in [2.24, 2.45) is 5.92 Å². The van der Waals surface area contributed by atoms with E-state index in [1.807, 2.05) is 13.8 Å². The molecule has 94 valence electrons. The summed E-state index contributed by atoms with van der Waals surface area (Å²) < 4.78 is 0. The van der Waals surface area contributed by atoms with Crippen molar-refractivity contribution in [3.63, 3.8) is 0 Å². The average Bonchev–Trinajstić information content (AvgIpc) is 2.25. The quantitative estimate of drug-likeness (QED) is 0.502. The summed E-state index contributed by atoms with van der Waals surface area (Å²) in [7, 11) is 0. The van der Waals surface area contributed by atoms with Crippen LogP contribution in [0, 0.1) is 5.92 Å². The fraction of sp³-hybridized carbons (Fsp3) is 0.800. The molecule has 0 aliphatic heterocycles. The van der Waals surface area contributed by atoms with Gasteiger partial charge in [0, 0.05) is 19.5 Å². The third-order valence-corrected chi connectivity index (χ3v) is 2.30. The number of rotatable bonds is 7. The summed E-state index contributed by atoms with van der Waals surface area (Å²) in [5, 5.41) is 22.4. The molecule has 6 nitrogen and oxygen atoms in total. The summed E-state index contributed by atoms with van der Waals surface area (Å²) in [6.45, 7) is 4.78. The maximum absolute atomic E-state index is 11.2. The van der Waals surface area contributed by atoms with Crippen LogP contribution in [0.4, 0.5) is 4.79 Å². The fourth-order valence-electron chi connectivity index (χ4n) is 0.920. The van der Waals surface area contributed by atoms with E-state index in [9.17, 15) is 9.59 Å². The van der Waals surface area contributed by atoms with Crippen LogP contribution in [0.1, 0.15) is 26.7 Å². The first-order chi connectivity index (χ1) is 7.47. The highest BCUT2D eigenvalue weighted by molar-refractivity contribution is 5.74. The molecule has 4 N–H and O–H groups in total. The van der Waals surface area contributed by atoms with Crippen LogP contribution in [-0.2, 0) is 4.79 Å². The molecule has 0 aromatic rings. The number of urea groups is 1. The van der Waals surface area contributed by atoms with Crippen molar-refractivity contribution in [3.05, 3.63) is 0 Å². The number of nitrogens with one attached hydrogen (secondary N) is 2. The van der Waals surface area contributed by atoms with Gasteiger partial charge in [-0.2, -0.15) is 0 Å². The maximum Gasteiger partial charge on any atom is 0.332 e. The number of aliphatic hydroxyl groups excluding tert-OH is 1. The molecule has 2 unspecified atom stereocenters. The monoisotopic (exact) mass is 232 g/mol. The summed E-state index contributed by atoms with van der Waals surface area (Å²) in [5.74, 6) is -0.864. The summed E-state index contributed by atoms with van der Waals surface area (Å²) in [5.41, 5.74) is 0. The van der Waals surface area contributed by atoms with Crippen LogP contribution < -0.4 is 10.6 Å². The van der Waals surface area contributed by atoms with Gasteiger partial charge >= 0.3 is 12.0 Å². The van der Waals surface area contributed by atoms with Crippen molar-refractivity contribution in [1.82, 2.24) is 10.6 Å². The molecule has 0 spiro atoms. The molecule has 0 fully saturated rings. The molecule has 2 amide bonds. The zero-order valence-electron chi connectivity index (χ0n) is 9.69. The highest BCUT2D eigenvalue weighted by atomic mass is 16.4. The van der Waals surface area contributed by atoms with Crippen LogP contribution in [0.5, 0.6) is 0 Å². The third kappa shape index (κ3) is 7.05. The second kappa shape index (κ2) is 7.92. The average molecular weight is 232 g/mol. The fourth-order valence-corrected chi connectivity index (χ4v) is 0.920. The number of hydrogen-bond donors (Lipinski definition) is 4. The van der Waals surface area contributed by atoms with E-state index in [-0.39, 0.29) is 19.0 Å². The maximum atomic E-state index is 11.2. The van der Waals surface area contributed by atoms with Crippen LogP contribution in [-0.4, -0.2) is 41.4 Å². The molecule has 0 heterocycles. The van der Waals surface area contributed by atoms with Gasteiger partial charge in [0.2, 0.25) is 0 Å². The molecular weight excluding hydrogens is 212 g/mol. The van der Waals surface area contributed by atoms with E-state index in [2.05, 4.69) is 10.6 Å². The Morgan fingerprint density at radius 3 is 2.44 bits per heavy atom. The van der Waals surface area contributed by atoms with Crippen LogP contribution >= 0.6 is 0 Å². The topological polar surface area (TPSA) is 98.7 Å². The van der Waals surface area contributed by atoms with Gasteiger partial charge in [-0.25, -0.2) is 9.59 Å². The Hall–Kier alpha value is -1.30. The number of aliphatic carboxylic acids is 1. The highest BCUT2D eigenvalue weighted by Crippen LogP contribution is 1.96. The largest absolute Gasteiger partial charge is 0.479 e. The van der Waals surface area contributed by atoms with E-state index in [1.165, 1.54) is 0 Å². The Labute approximate surface area is 95.0 Å². The lowest BCUT2D eigenvalue weighted by atomic mass is 10.1. The molecule has 0 saturated heterocycles. The molecule has 0 saturated carbocycles. The van der Waals surface area contributed by atoms with Crippen molar-refractivity contribution in [1.29, 1.82) is 0 Å². The zero-order chi connectivity index (χ0) is 12.6. The summed E-state index contributed by atoms with van der Waals surface area (Å²) >= 11 is 0. The number of carbonyl (C=O) groups excluding carboxylic acids is 1. The molecule has 0 aliphatic carbocycles. The highest BCUT2D eigenvalue weighted by Gasteiger charge is 2.12. The molecule has 2 atom stereocenters. The van der Waals surface area contributed by atoms with Gasteiger partial charge in [0.05, 0.1) is 0 Å². The van der Waals surface area contributed by atoms with Gasteiger partial charge < -0.3 is 20.8 Å². The van der Waals surface area contributed by atoms with Crippen molar-refractivity contribution < 1.29 is 19.8 Å². The minimum Gasteiger partial charge on any atom is -0.479 e. The normalized spacial score (nSPS) is 13.9. The van der Waals surface area contributed by atoms with Crippen molar-refractivity contribution in [3.8, 4) is 0 Å². The number of carboxylic acid groups (broad SMARTS) is 1. The minimum absolute atomic E-state index is 0.00604. The van der Waals surface area contributed by atoms with Crippen molar-refractivity contribution in [2.75, 3.05) is 13.1 Å². The van der Waals surface area contributed by atoms with Crippen LogP contribution in [0.25, 0.3) is 0 Å². The second-order valence-electron chi connectivity index (χ2n) is 3.79. The molecule has 16 heavy (non-hydrogen) atoms. The standard InChI is InChI=1S/C10H20N2O4/c1-3-7(2)6-12-10(16)11-5-4-8(13)9(14)15/h7-8,13H,3-6H2,1-2H3,(H,14,15)(H2,11,12,16). The Morgan fingerprint density at radius 2 is 1.94 bits per heavy atom. The molecule has 0 rings (SSSR count). The van der Waals surface area contributed by atoms with Crippen LogP contribution in [0.15, 0.2) is 0 Å². The lowest BCUT2D eigenvalue weighted by molar-refractivity contribution is -0.146. The van der Waals surface area contributed by atoms with Crippen LogP contribution in [0.2, 0.25) is 0 Å². The molecule has 0 aromatic heterocycles. The first-order valence-electron chi connectivity index (χ1n) is 5.40. The second-order valence-corrected chi connectivity index (χ2v) is 3.79. The summed E-state index contributed by atoms with van der Waals surface area (Å²) in [4.78, 5) is 21.4. The Morgan fingerprint density at radius 1 is 1.31 bits per heavy atom. The Bertz CT molecular complexity index is 233. The van der Waals surface area contributed by atoms with E-state index >= 15 is 0 Å². The zero-order valence-corrected chi connectivity index (χ0v) is 9.69. The van der Waals surface area contributed by atoms with E-state index in [0.29, 0.717) is 12.5 Å². The number of amides is 2. The first kappa shape index (κ1) is 14.7. The molecule has 0 bridgehead atoms. The number of carboxylic acids is 1. The van der Waals surface area contributed by atoms with Crippen molar-refractivity contribution >= 4 is 12.0 Å². The lowest BCUT2D eigenvalue weighted by Gasteiger charge is -2.11. The van der Waals surface area contributed by atoms with Gasteiger partial charge in [0.1, 0.15) is 0 Å². The molecule has 0 aliphatic rings. The lowest BCUT2D eigenvalue weighted by Crippen LogP contribution is -2.39. The van der Waals surface area contributed by atoms with E-state index in [1.54, 1.807) is 0 Å². The van der Waals surface area contributed by atoms with E-state index < -0.39 is 12.1 Å². The predicted molar refractivity (Wildman–Crippen MR) is 59.1 cm³/mol. The number of aliphatic hydroxyl groups is 1.